The molecule has 2 aromatic heterocycles. The Hall–Kier alpha value is -2.82. The number of fused-ring (bicyclic) bond motifs is 1. The summed E-state index contributed by atoms with van der Waals surface area (Å²) in [5, 5.41) is 2.87. The van der Waals surface area contributed by atoms with E-state index < -0.39 is 0 Å². The van der Waals surface area contributed by atoms with Gasteiger partial charge in [-0.15, -0.1) is 0 Å². The predicted molar refractivity (Wildman–Crippen MR) is 93.3 cm³/mol. The lowest BCUT2D eigenvalue weighted by molar-refractivity contribution is -0.123. The Labute approximate surface area is 141 Å². The molecule has 3 rings (SSSR count). The Bertz CT molecular complexity index is 822. The zero-order chi connectivity index (χ0) is 16.9. The van der Waals surface area contributed by atoms with Crippen molar-refractivity contribution in [3.05, 3.63) is 65.6 Å². The molecule has 124 valence electrons. The Morgan fingerprint density at radius 3 is 2.92 bits per heavy atom. The minimum atomic E-state index is -0.125. The first-order valence-corrected chi connectivity index (χ1v) is 8.02. The van der Waals surface area contributed by atoms with Crippen molar-refractivity contribution in [3.63, 3.8) is 0 Å². The fourth-order valence-corrected chi connectivity index (χ4v) is 2.51. The molecule has 0 aliphatic rings. The average Bonchev–Trinajstić information content (AvgIpc) is 2.99. The van der Waals surface area contributed by atoms with Crippen LogP contribution >= 0.6 is 0 Å². The van der Waals surface area contributed by atoms with Gasteiger partial charge in [-0.25, -0.2) is 4.98 Å². The SMILES string of the molecule is Cc1cccc(OCC(=O)NCCc2cn3ccccc3n2)c1C. The maximum atomic E-state index is 11.9. The molecule has 0 bridgehead atoms. The smallest absolute Gasteiger partial charge is 0.257 e. The van der Waals surface area contributed by atoms with Gasteiger partial charge in [0.05, 0.1) is 5.69 Å². The van der Waals surface area contributed by atoms with Crippen molar-refractivity contribution < 1.29 is 9.53 Å². The van der Waals surface area contributed by atoms with E-state index in [0.717, 1.165) is 28.2 Å². The number of amides is 1. The molecule has 0 atom stereocenters. The number of benzene rings is 1. The topological polar surface area (TPSA) is 55.6 Å². The number of carbonyl (C=O) groups excluding carboxylic acids is 1. The van der Waals surface area contributed by atoms with E-state index >= 15 is 0 Å². The molecule has 0 radical (unpaired) electrons. The number of nitrogens with zero attached hydrogens (tertiary/aromatic N) is 2. The molecule has 1 aromatic carbocycles. The number of ether oxygens (including phenoxy) is 1. The zero-order valence-corrected chi connectivity index (χ0v) is 14.0. The maximum absolute atomic E-state index is 11.9. The third-order valence-corrected chi connectivity index (χ3v) is 4.03. The van der Waals surface area contributed by atoms with Crippen LogP contribution in [-0.4, -0.2) is 28.4 Å². The first-order valence-electron chi connectivity index (χ1n) is 8.02. The zero-order valence-electron chi connectivity index (χ0n) is 14.0. The summed E-state index contributed by atoms with van der Waals surface area (Å²) in [4.78, 5) is 16.4. The lowest BCUT2D eigenvalue weighted by atomic mass is 10.1. The van der Waals surface area contributed by atoms with E-state index in [1.165, 1.54) is 0 Å². The van der Waals surface area contributed by atoms with E-state index in [9.17, 15) is 4.79 Å². The van der Waals surface area contributed by atoms with Gasteiger partial charge in [0.25, 0.3) is 5.91 Å². The number of aromatic nitrogens is 2. The lowest BCUT2D eigenvalue weighted by Gasteiger charge is -2.10. The molecule has 2 heterocycles. The highest BCUT2D eigenvalue weighted by molar-refractivity contribution is 5.77. The molecule has 5 heteroatoms. The van der Waals surface area contributed by atoms with Gasteiger partial charge in [-0.1, -0.05) is 18.2 Å². The van der Waals surface area contributed by atoms with E-state index in [0.29, 0.717) is 13.0 Å². The Morgan fingerprint density at radius 1 is 1.21 bits per heavy atom. The summed E-state index contributed by atoms with van der Waals surface area (Å²) in [6, 6.07) is 11.7. The number of nitrogens with one attached hydrogen (secondary N) is 1. The summed E-state index contributed by atoms with van der Waals surface area (Å²) in [7, 11) is 0. The molecule has 5 nitrogen and oxygen atoms in total. The number of carbonyl (C=O) groups is 1. The van der Waals surface area contributed by atoms with Gasteiger partial charge in [-0.2, -0.15) is 0 Å². The molecule has 1 N–H and O–H groups in total. The third-order valence-electron chi connectivity index (χ3n) is 4.03. The largest absolute Gasteiger partial charge is 0.483 e. The highest BCUT2D eigenvalue weighted by Crippen LogP contribution is 2.20. The number of pyridine rings is 1. The molecule has 0 fully saturated rings. The van der Waals surface area contributed by atoms with Crippen LogP contribution in [0.25, 0.3) is 5.65 Å². The second-order valence-corrected chi connectivity index (χ2v) is 5.79. The van der Waals surface area contributed by atoms with E-state index in [-0.39, 0.29) is 12.5 Å². The second-order valence-electron chi connectivity index (χ2n) is 5.79. The summed E-state index contributed by atoms with van der Waals surface area (Å²) in [5.74, 6) is 0.630. The van der Waals surface area contributed by atoms with E-state index in [1.807, 2.05) is 67.0 Å². The van der Waals surface area contributed by atoms with Crippen molar-refractivity contribution in [1.29, 1.82) is 0 Å². The van der Waals surface area contributed by atoms with Crippen molar-refractivity contribution in [3.8, 4) is 5.75 Å². The minimum Gasteiger partial charge on any atom is -0.483 e. The van der Waals surface area contributed by atoms with Crippen LogP contribution in [0.5, 0.6) is 5.75 Å². The van der Waals surface area contributed by atoms with Crippen LogP contribution in [0.4, 0.5) is 0 Å². The van der Waals surface area contributed by atoms with Gasteiger partial charge < -0.3 is 14.5 Å². The molecular weight excluding hydrogens is 302 g/mol. The molecule has 0 saturated heterocycles. The van der Waals surface area contributed by atoms with Crippen molar-refractivity contribution >= 4 is 11.6 Å². The quantitative estimate of drug-likeness (QED) is 0.759. The Balaban J connectivity index is 1.46. The molecule has 0 unspecified atom stereocenters. The lowest BCUT2D eigenvalue weighted by Crippen LogP contribution is -2.30. The third kappa shape index (κ3) is 3.74. The van der Waals surface area contributed by atoms with E-state index in [1.54, 1.807) is 0 Å². The van der Waals surface area contributed by atoms with Crippen LogP contribution in [-0.2, 0) is 11.2 Å². The number of imidazole rings is 1. The molecule has 24 heavy (non-hydrogen) atoms. The second kappa shape index (κ2) is 7.17. The maximum Gasteiger partial charge on any atom is 0.257 e. The monoisotopic (exact) mass is 323 g/mol. The molecule has 0 saturated carbocycles. The molecule has 1 amide bonds. The van der Waals surface area contributed by atoms with Crippen LogP contribution in [0.2, 0.25) is 0 Å². The minimum absolute atomic E-state index is 0.0233. The molecule has 0 aliphatic heterocycles. The van der Waals surface area contributed by atoms with Gasteiger partial charge in [-0.3, -0.25) is 4.79 Å². The van der Waals surface area contributed by atoms with Gasteiger partial charge in [0.1, 0.15) is 11.4 Å². The summed E-state index contributed by atoms with van der Waals surface area (Å²) in [6.45, 7) is 4.58. The molecule has 0 spiro atoms. The van der Waals surface area contributed by atoms with Crippen molar-refractivity contribution in [1.82, 2.24) is 14.7 Å². The molecule has 3 aromatic rings. The van der Waals surface area contributed by atoms with E-state index in [2.05, 4.69) is 10.3 Å². The van der Waals surface area contributed by atoms with Crippen LogP contribution < -0.4 is 10.1 Å². The Kier molecular flexibility index (Phi) is 4.79. The number of rotatable bonds is 6. The highest BCUT2D eigenvalue weighted by Gasteiger charge is 2.06. The van der Waals surface area contributed by atoms with Crippen molar-refractivity contribution in [2.75, 3.05) is 13.2 Å². The fourth-order valence-electron chi connectivity index (χ4n) is 2.51. The van der Waals surface area contributed by atoms with Gasteiger partial charge in [0.15, 0.2) is 6.61 Å². The molecule has 0 aliphatic carbocycles. The van der Waals surface area contributed by atoms with Gasteiger partial charge in [0, 0.05) is 25.4 Å². The van der Waals surface area contributed by atoms with Gasteiger partial charge >= 0.3 is 0 Å². The number of aryl methyl sites for hydroxylation is 1. The normalized spacial score (nSPS) is 10.8. The predicted octanol–water partition coefficient (Wildman–Crippen LogP) is 2.69. The summed E-state index contributed by atoms with van der Waals surface area (Å²) in [5.41, 5.74) is 4.09. The average molecular weight is 323 g/mol. The molecular formula is C19H21N3O2. The van der Waals surface area contributed by atoms with Gasteiger partial charge in [-0.05, 0) is 43.2 Å². The standard InChI is InChI=1S/C19H21N3O2/c1-14-6-5-7-17(15(14)2)24-13-19(23)20-10-9-16-12-22-11-4-3-8-18(22)21-16/h3-8,11-12H,9-10,13H2,1-2H3,(H,20,23). The fraction of sp³-hybridized carbons (Fsp3) is 0.263. The van der Waals surface area contributed by atoms with Crippen LogP contribution in [0.3, 0.4) is 0 Å². The first kappa shape index (κ1) is 16.1. The Morgan fingerprint density at radius 2 is 2.08 bits per heavy atom. The van der Waals surface area contributed by atoms with Gasteiger partial charge in [0.2, 0.25) is 0 Å². The van der Waals surface area contributed by atoms with Crippen LogP contribution in [0.1, 0.15) is 16.8 Å². The van der Waals surface area contributed by atoms with E-state index in [4.69, 9.17) is 4.74 Å². The summed E-state index contributed by atoms with van der Waals surface area (Å²) >= 11 is 0. The summed E-state index contributed by atoms with van der Waals surface area (Å²) in [6.07, 6.45) is 4.63. The van der Waals surface area contributed by atoms with Crippen molar-refractivity contribution in [2.45, 2.75) is 20.3 Å². The first-order chi connectivity index (χ1) is 11.6. The van der Waals surface area contributed by atoms with Crippen molar-refractivity contribution in [2.24, 2.45) is 0 Å². The van der Waals surface area contributed by atoms with Crippen LogP contribution in [0, 0.1) is 13.8 Å². The van der Waals surface area contributed by atoms with Crippen LogP contribution in [0.15, 0.2) is 48.8 Å². The summed E-state index contributed by atoms with van der Waals surface area (Å²) < 4.78 is 7.57. The number of hydrogen-bond acceptors (Lipinski definition) is 3. The number of hydrogen-bond donors (Lipinski definition) is 1. The highest BCUT2D eigenvalue weighted by atomic mass is 16.5.